The molecule has 156 valence electrons. The van der Waals surface area contributed by atoms with Crippen molar-refractivity contribution in [2.75, 3.05) is 27.8 Å². The van der Waals surface area contributed by atoms with E-state index in [0.717, 1.165) is 0 Å². The second-order valence-corrected chi connectivity index (χ2v) is 6.43. The number of aromatic nitrogens is 4. The molecule has 2 N–H and O–H groups in total. The summed E-state index contributed by atoms with van der Waals surface area (Å²) >= 11 is 0. The molecule has 0 aliphatic heterocycles. The molecule has 0 bridgehead atoms. The highest BCUT2D eigenvalue weighted by Gasteiger charge is 2.36. The summed E-state index contributed by atoms with van der Waals surface area (Å²) in [5, 5.41) is 11.9. The quantitative estimate of drug-likeness (QED) is 0.669. The Labute approximate surface area is 171 Å². The van der Waals surface area contributed by atoms with Crippen molar-refractivity contribution in [3.8, 4) is 17.2 Å². The lowest BCUT2D eigenvalue weighted by Gasteiger charge is -2.33. The lowest BCUT2D eigenvalue weighted by molar-refractivity contribution is -0.141. The number of benzene rings is 1. The van der Waals surface area contributed by atoms with Gasteiger partial charge in [-0.3, -0.25) is 4.79 Å². The molecule has 0 fully saturated rings. The van der Waals surface area contributed by atoms with Crippen molar-refractivity contribution in [2.45, 2.75) is 33.2 Å². The van der Waals surface area contributed by atoms with E-state index in [-0.39, 0.29) is 24.9 Å². The molecule has 0 atom stereocenters. The predicted octanol–water partition coefficient (Wildman–Crippen LogP) is 1.82. The highest BCUT2D eigenvalue weighted by Crippen LogP contribution is 2.28. The molecule has 0 spiro atoms. The minimum atomic E-state index is -0.563. The zero-order valence-electron chi connectivity index (χ0n) is 17.0. The SMILES string of the molecule is CCC(CC)(CN)C(=O)N(C)Cc1nnnn1-c1cc(OC)cc(OC)c1.Cl. The van der Waals surface area contributed by atoms with Gasteiger partial charge in [-0.15, -0.1) is 17.5 Å². The van der Waals surface area contributed by atoms with Gasteiger partial charge in [-0.2, -0.15) is 4.68 Å². The van der Waals surface area contributed by atoms with Crippen LogP contribution in [0.3, 0.4) is 0 Å². The number of nitrogens with zero attached hydrogens (tertiary/aromatic N) is 5. The van der Waals surface area contributed by atoms with E-state index >= 15 is 0 Å². The summed E-state index contributed by atoms with van der Waals surface area (Å²) in [6.07, 6.45) is 1.36. The Hall–Kier alpha value is -2.39. The largest absolute Gasteiger partial charge is 0.497 e. The fraction of sp³-hybridized carbons (Fsp3) is 0.556. The first-order chi connectivity index (χ1) is 12.9. The second-order valence-electron chi connectivity index (χ2n) is 6.43. The summed E-state index contributed by atoms with van der Waals surface area (Å²) in [6, 6.07) is 5.36. The van der Waals surface area contributed by atoms with Gasteiger partial charge in [0, 0.05) is 31.8 Å². The molecule has 0 saturated carbocycles. The minimum Gasteiger partial charge on any atom is -0.497 e. The lowest BCUT2D eigenvalue weighted by Crippen LogP contribution is -2.46. The highest BCUT2D eigenvalue weighted by atomic mass is 35.5. The van der Waals surface area contributed by atoms with Gasteiger partial charge in [-0.1, -0.05) is 13.8 Å². The molecule has 28 heavy (non-hydrogen) atoms. The van der Waals surface area contributed by atoms with E-state index in [1.165, 1.54) is 0 Å². The molecule has 0 radical (unpaired) electrons. The van der Waals surface area contributed by atoms with Gasteiger partial charge in [0.1, 0.15) is 11.5 Å². The fourth-order valence-corrected chi connectivity index (χ4v) is 3.04. The lowest BCUT2D eigenvalue weighted by atomic mass is 9.81. The molecule has 0 saturated heterocycles. The average Bonchev–Trinajstić information content (AvgIpc) is 3.17. The van der Waals surface area contributed by atoms with Gasteiger partial charge in [0.2, 0.25) is 5.91 Å². The Bertz CT molecular complexity index is 748. The van der Waals surface area contributed by atoms with Crippen molar-refractivity contribution in [3.05, 3.63) is 24.0 Å². The molecule has 0 aliphatic carbocycles. The smallest absolute Gasteiger partial charge is 0.230 e. The van der Waals surface area contributed by atoms with E-state index in [1.54, 1.807) is 49.0 Å². The van der Waals surface area contributed by atoms with Gasteiger partial charge in [0.25, 0.3) is 0 Å². The van der Waals surface area contributed by atoms with Crippen LogP contribution in [0.25, 0.3) is 5.69 Å². The van der Waals surface area contributed by atoms with Crippen molar-refractivity contribution in [1.29, 1.82) is 0 Å². The Morgan fingerprint density at radius 3 is 2.21 bits per heavy atom. The number of halogens is 1. The summed E-state index contributed by atoms with van der Waals surface area (Å²) in [4.78, 5) is 14.6. The number of rotatable bonds is 9. The number of ether oxygens (including phenoxy) is 2. The van der Waals surface area contributed by atoms with E-state index in [0.29, 0.717) is 42.4 Å². The summed E-state index contributed by atoms with van der Waals surface area (Å²) in [7, 11) is 4.89. The molecule has 1 heterocycles. The van der Waals surface area contributed by atoms with Gasteiger partial charge in [0.05, 0.1) is 31.9 Å². The van der Waals surface area contributed by atoms with Crippen LogP contribution < -0.4 is 15.2 Å². The van der Waals surface area contributed by atoms with Crippen LogP contribution in [-0.2, 0) is 11.3 Å². The van der Waals surface area contributed by atoms with Crippen molar-refractivity contribution < 1.29 is 14.3 Å². The number of nitrogens with two attached hydrogens (primary N) is 1. The third-order valence-corrected chi connectivity index (χ3v) is 5.04. The zero-order chi connectivity index (χ0) is 20.0. The molecule has 2 aromatic rings. The van der Waals surface area contributed by atoms with Crippen LogP contribution in [0.1, 0.15) is 32.5 Å². The van der Waals surface area contributed by atoms with Crippen molar-refractivity contribution in [2.24, 2.45) is 11.1 Å². The van der Waals surface area contributed by atoms with Crippen LogP contribution in [0, 0.1) is 5.41 Å². The summed E-state index contributed by atoms with van der Waals surface area (Å²) in [6.45, 7) is 4.53. The number of tetrazole rings is 1. The summed E-state index contributed by atoms with van der Waals surface area (Å²) < 4.78 is 12.2. The van der Waals surface area contributed by atoms with E-state index in [4.69, 9.17) is 15.2 Å². The van der Waals surface area contributed by atoms with Crippen molar-refractivity contribution >= 4 is 18.3 Å². The first-order valence-corrected chi connectivity index (χ1v) is 8.91. The standard InChI is InChI=1S/C18H28N6O3.ClH/c1-6-18(7-2,12-19)17(25)23(3)11-16-20-21-22-24(16)13-8-14(26-4)10-15(9-13)27-5;/h8-10H,6-7,11-12,19H2,1-5H3;1H. The third-order valence-electron chi connectivity index (χ3n) is 5.04. The summed E-state index contributed by atoms with van der Waals surface area (Å²) in [5.74, 6) is 1.76. The summed E-state index contributed by atoms with van der Waals surface area (Å²) in [5.41, 5.74) is 6.03. The molecule has 0 aliphatic rings. The second kappa shape index (κ2) is 10.2. The number of carbonyl (C=O) groups is 1. The monoisotopic (exact) mass is 412 g/mol. The van der Waals surface area contributed by atoms with Crippen molar-refractivity contribution in [3.63, 3.8) is 0 Å². The van der Waals surface area contributed by atoms with Crippen LogP contribution in [0.4, 0.5) is 0 Å². The topological polar surface area (TPSA) is 108 Å². The first kappa shape index (κ1) is 23.6. The van der Waals surface area contributed by atoms with E-state index < -0.39 is 5.41 Å². The van der Waals surface area contributed by atoms with Crippen LogP contribution in [0.5, 0.6) is 11.5 Å². The van der Waals surface area contributed by atoms with Gasteiger partial charge < -0.3 is 20.1 Å². The van der Waals surface area contributed by atoms with Crippen LogP contribution in [-0.4, -0.2) is 58.8 Å². The maximum Gasteiger partial charge on any atom is 0.230 e. The molecule has 1 aromatic carbocycles. The number of methoxy groups -OCH3 is 2. The molecule has 9 nitrogen and oxygen atoms in total. The minimum absolute atomic E-state index is 0. The molecular weight excluding hydrogens is 384 g/mol. The molecule has 0 unspecified atom stereocenters. The maximum absolute atomic E-state index is 13.0. The molecule has 1 aromatic heterocycles. The Morgan fingerprint density at radius 2 is 1.75 bits per heavy atom. The Morgan fingerprint density at radius 1 is 1.18 bits per heavy atom. The maximum atomic E-state index is 13.0. The predicted molar refractivity (Wildman–Crippen MR) is 108 cm³/mol. The van der Waals surface area contributed by atoms with Crippen molar-refractivity contribution in [1.82, 2.24) is 25.1 Å². The van der Waals surface area contributed by atoms with Crippen LogP contribution in [0.2, 0.25) is 0 Å². The molecule has 10 heteroatoms. The molecule has 2 rings (SSSR count). The fourth-order valence-electron chi connectivity index (χ4n) is 3.04. The number of amides is 1. The Balaban J connectivity index is 0.00000392. The van der Waals surface area contributed by atoms with Gasteiger partial charge in [-0.25, -0.2) is 0 Å². The average molecular weight is 413 g/mol. The normalized spacial score (nSPS) is 10.9. The molecular formula is C18H29ClN6O3. The number of hydrogen-bond acceptors (Lipinski definition) is 7. The van der Waals surface area contributed by atoms with Gasteiger partial charge in [0.15, 0.2) is 5.82 Å². The van der Waals surface area contributed by atoms with E-state index in [1.807, 2.05) is 13.8 Å². The van der Waals surface area contributed by atoms with Gasteiger partial charge >= 0.3 is 0 Å². The Kier molecular flexibility index (Phi) is 8.64. The van der Waals surface area contributed by atoms with Crippen LogP contribution >= 0.6 is 12.4 Å². The number of hydrogen-bond donors (Lipinski definition) is 1. The van der Waals surface area contributed by atoms with Crippen LogP contribution in [0.15, 0.2) is 18.2 Å². The van der Waals surface area contributed by atoms with Gasteiger partial charge in [-0.05, 0) is 23.3 Å². The third kappa shape index (κ3) is 4.71. The van der Waals surface area contributed by atoms with E-state index in [9.17, 15) is 4.79 Å². The first-order valence-electron chi connectivity index (χ1n) is 8.91. The highest BCUT2D eigenvalue weighted by molar-refractivity contribution is 5.85. The zero-order valence-corrected chi connectivity index (χ0v) is 17.8. The molecule has 1 amide bonds. The number of carbonyl (C=O) groups excluding carboxylic acids is 1. The van der Waals surface area contributed by atoms with E-state index in [2.05, 4.69) is 15.5 Å².